The zero-order valence-corrected chi connectivity index (χ0v) is 12.1. The Kier molecular flexibility index (Phi) is 4.13. The molecule has 0 amide bonds. The number of nitrogens with two attached hydrogens (primary N) is 1. The van der Waals surface area contributed by atoms with E-state index in [0.29, 0.717) is 11.4 Å². The predicted molar refractivity (Wildman–Crippen MR) is 80.8 cm³/mol. The third kappa shape index (κ3) is 2.43. The van der Waals surface area contributed by atoms with E-state index >= 15 is 0 Å². The van der Waals surface area contributed by atoms with Crippen molar-refractivity contribution >= 4 is 17.1 Å². The molecule has 6 nitrogen and oxygen atoms in total. The van der Waals surface area contributed by atoms with Crippen molar-refractivity contribution in [2.45, 2.75) is 33.1 Å². The number of nitro benzene ring substituents is 1. The second kappa shape index (κ2) is 5.66. The van der Waals surface area contributed by atoms with Gasteiger partial charge in [0, 0.05) is 13.1 Å². The minimum Gasteiger partial charge on any atom is -0.365 e. The van der Waals surface area contributed by atoms with Gasteiger partial charge in [0.05, 0.1) is 4.92 Å². The number of nitrogens with one attached hydrogen (secondary N) is 1. The molecule has 1 saturated heterocycles. The van der Waals surface area contributed by atoms with Gasteiger partial charge in [0.25, 0.3) is 0 Å². The summed E-state index contributed by atoms with van der Waals surface area (Å²) in [5.41, 5.74) is 3.79. The second-order valence-corrected chi connectivity index (χ2v) is 5.45. The fourth-order valence-electron chi connectivity index (χ4n) is 3.06. The molecule has 1 aromatic carbocycles. The molecule has 0 aromatic heterocycles. The summed E-state index contributed by atoms with van der Waals surface area (Å²) in [5, 5.41) is 11.3. The van der Waals surface area contributed by atoms with Crippen LogP contribution in [0.3, 0.4) is 0 Å². The van der Waals surface area contributed by atoms with Crippen molar-refractivity contribution in [3.8, 4) is 0 Å². The van der Waals surface area contributed by atoms with Gasteiger partial charge < -0.3 is 10.3 Å². The highest BCUT2D eigenvalue weighted by Gasteiger charge is 2.37. The van der Waals surface area contributed by atoms with Gasteiger partial charge in [-0.2, -0.15) is 0 Å². The van der Waals surface area contributed by atoms with Crippen molar-refractivity contribution in [3.63, 3.8) is 0 Å². The molecule has 6 heteroatoms. The van der Waals surface area contributed by atoms with Gasteiger partial charge in [-0.1, -0.05) is 19.9 Å². The van der Waals surface area contributed by atoms with Gasteiger partial charge in [0.2, 0.25) is 0 Å². The molecule has 1 heterocycles. The number of para-hydroxylation sites is 1. The summed E-state index contributed by atoms with van der Waals surface area (Å²) in [5.74, 6) is 5.39. The normalized spacial score (nSPS) is 17.2. The molecule has 0 unspecified atom stereocenters. The van der Waals surface area contributed by atoms with Gasteiger partial charge in [0.1, 0.15) is 11.4 Å². The number of hydrazine groups is 1. The average molecular weight is 278 g/mol. The lowest BCUT2D eigenvalue weighted by Crippen LogP contribution is -2.26. The Labute approximate surface area is 119 Å². The topological polar surface area (TPSA) is 84.4 Å². The van der Waals surface area contributed by atoms with Gasteiger partial charge in [-0.25, -0.2) is 0 Å². The van der Waals surface area contributed by atoms with Crippen LogP contribution in [0.2, 0.25) is 0 Å². The molecule has 1 aliphatic heterocycles. The number of hydrogen-bond donors (Lipinski definition) is 2. The summed E-state index contributed by atoms with van der Waals surface area (Å²) in [4.78, 5) is 13.1. The SMILES string of the molecule is CCC1(CC)CCN(c2cccc(NN)c2[N+](=O)[O-])C1. The molecule has 20 heavy (non-hydrogen) atoms. The maximum Gasteiger partial charge on any atom is 0.316 e. The molecule has 1 fully saturated rings. The van der Waals surface area contributed by atoms with E-state index in [0.717, 1.165) is 32.4 Å². The van der Waals surface area contributed by atoms with Crippen molar-refractivity contribution in [3.05, 3.63) is 28.3 Å². The first kappa shape index (κ1) is 14.6. The van der Waals surface area contributed by atoms with E-state index in [2.05, 4.69) is 24.2 Å². The van der Waals surface area contributed by atoms with E-state index in [1.807, 2.05) is 0 Å². The Morgan fingerprint density at radius 2 is 2.15 bits per heavy atom. The summed E-state index contributed by atoms with van der Waals surface area (Å²) in [6, 6.07) is 5.24. The predicted octanol–water partition coefficient (Wildman–Crippen LogP) is 2.90. The average Bonchev–Trinajstić information content (AvgIpc) is 2.91. The number of nitrogen functional groups attached to an aromatic ring is 1. The first-order valence-electron chi connectivity index (χ1n) is 7.06. The van der Waals surface area contributed by atoms with Gasteiger partial charge in [0.15, 0.2) is 0 Å². The highest BCUT2D eigenvalue weighted by Crippen LogP contribution is 2.43. The van der Waals surface area contributed by atoms with Crippen LogP contribution in [0.25, 0.3) is 0 Å². The third-order valence-corrected chi connectivity index (χ3v) is 4.63. The molecule has 110 valence electrons. The number of hydrogen-bond acceptors (Lipinski definition) is 5. The monoisotopic (exact) mass is 278 g/mol. The molecular formula is C14H22N4O2. The molecule has 0 aliphatic carbocycles. The first-order valence-corrected chi connectivity index (χ1v) is 7.06. The van der Waals surface area contributed by atoms with Gasteiger partial charge in [-0.05, 0) is 36.8 Å². The molecule has 0 bridgehead atoms. The van der Waals surface area contributed by atoms with Crippen LogP contribution in [0, 0.1) is 15.5 Å². The summed E-state index contributed by atoms with van der Waals surface area (Å²) >= 11 is 0. The van der Waals surface area contributed by atoms with Crippen molar-refractivity contribution in [2.75, 3.05) is 23.4 Å². The molecule has 1 aliphatic rings. The molecule has 0 spiro atoms. The lowest BCUT2D eigenvalue weighted by molar-refractivity contribution is -0.383. The Bertz CT molecular complexity index is 500. The quantitative estimate of drug-likeness (QED) is 0.491. The minimum atomic E-state index is -0.359. The Balaban J connectivity index is 2.37. The van der Waals surface area contributed by atoms with Gasteiger partial charge in [-0.15, -0.1) is 0 Å². The van der Waals surface area contributed by atoms with Crippen LogP contribution >= 0.6 is 0 Å². The Morgan fingerprint density at radius 1 is 1.45 bits per heavy atom. The minimum absolute atomic E-state index is 0.0676. The van der Waals surface area contributed by atoms with E-state index in [-0.39, 0.29) is 16.0 Å². The van der Waals surface area contributed by atoms with Crippen LogP contribution in [-0.2, 0) is 0 Å². The van der Waals surface area contributed by atoms with Crippen molar-refractivity contribution in [1.82, 2.24) is 0 Å². The van der Waals surface area contributed by atoms with E-state index in [1.165, 1.54) is 0 Å². The van der Waals surface area contributed by atoms with Crippen LogP contribution in [0.5, 0.6) is 0 Å². The maximum absolute atomic E-state index is 11.3. The zero-order chi connectivity index (χ0) is 14.8. The van der Waals surface area contributed by atoms with E-state index in [4.69, 9.17) is 5.84 Å². The third-order valence-electron chi connectivity index (χ3n) is 4.63. The van der Waals surface area contributed by atoms with Gasteiger partial charge >= 0.3 is 5.69 Å². The number of benzene rings is 1. The molecule has 2 rings (SSSR count). The fraction of sp³-hybridized carbons (Fsp3) is 0.571. The molecule has 0 saturated carbocycles. The number of nitrogens with zero attached hydrogens (tertiary/aromatic N) is 2. The summed E-state index contributed by atoms with van der Waals surface area (Å²) in [7, 11) is 0. The molecule has 0 radical (unpaired) electrons. The Morgan fingerprint density at radius 3 is 2.65 bits per heavy atom. The molecule has 1 aromatic rings. The standard InChI is InChI=1S/C14H22N4O2/c1-3-14(4-2)8-9-17(10-14)12-7-5-6-11(16-15)13(12)18(19)20/h5-7,16H,3-4,8-10,15H2,1-2H3. The van der Waals surface area contributed by atoms with E-state index < -0.39 is 0 Å². The number of nitro groups is 1. The molecule has 0 atom stereocenters. The molecule has 3 N–H and O–H groups in total. The largest absolute Gasteiger partial charge is 0.365 e. The molecular weight excluding hydrogens is 256 g/mol. The van der Waals surface area contributed by atoms with Crippen LogP contribution < -0.4 is 16.2 Å². The van der Waals surface area contributed by atoms with E-state index in [1.54, 1.807) is 18.2 Å². The van der Waals surface area contributed by atoms with Gasteiger partial charge in [-0.3, -0.25) is 16.0 Å². The van der Waals surface area contributed by atoms with Crippen molar-refractivity contribution < 1.29 is 4.92 Å². The highest BCUT2D eigenvalue weighted by molar-refractivity contribution is 5.77. The zero-order valence-electron chi connectivity index (χ0n) is 12.1. The fourth-order valence-corrected chi connectivity index (χ4v) is 3.06. The lowest BCUT2D eigenvalue weighted by atomic mass is 9.82. The summed E-state index contributed by atoms with van der Waals surface area (Å²) < 4.78 is 0. The van der Waals surface area contributed by atoms with Crippen LogP contribution in [0.15, 0.2) is 18.2 Å². The Hall–Kier alpha value is -1.82. The summed E-state index contributed by atoms with van der Waals surface area (Å²) in [6.45, 7) is 6.12. The van der Waals surface area contributed by atoms with Crippen LogP contribution in [0.4, 0.5) is 17.1 Å². The van der Waals surface area contributed by atoms with Crippen LogP contribution in [0.1, 0.15) is 33.1 Å². The number of anilines is 2. The first-order chi connectivity index (χ1) is 9.56. The highest BCUT2D eigenvalue weighted by atomic mass is 16.6. The smallest absolute Gasteiger partial charge is 0.316 e. The van der Waals surface area contributed by atoms with Crippen molar-refractivity contribution in [1.29, 1.82) is 0 Å². The lowest BCUT2D eigenvalue weighted by Gasteiger charge is -2.27. The van der Waals surface area contributed by atoms with Crippen LogP contribution in [-0.4, -0.2) is 18.0 Å². The summed E-state index contributed by atoms with van der Waals surface area (Å²) in [6.07, 6.45) is 3.28. The number of rotatable bonds is 5. The van der Waals surface area contributed by atoms with Crippen molar-refractivity contribution in [2.24, 2.45) is 11.3 Å². The van der Waals surface area contributed by atoms with E-state index in [9.17, 15) is 10.1 Å². The maximum atomic E-state index is 11.3. The second-order valence-electron chi connectivity index (χ2n) is 5.45.